The second-order valence-corrected chi connectivity index (χ2v) is 4.95. The topological polar surface area (TPSA) is 52.0 Å². The molecule has 1 fully saturated rings. The van der Waals surface area contributed by atoms with Crippen LogP contribution >= 0.6 is 12.4 Å². The van der Waals surface area contributed by atoms with E-state index in [2.05, 4.69) is 35.2 Å². The van der Waals surface area contributed by atoms with E-state index in [9.17, 15) is 0 Å². The SMILES string of the molecule is CC(C1CCNCC1)N(C)c1ccnc(C#N)c1.Cl. The maximum Gasteiger partial charge on any atom is 0.142 e. The minimum absolute atomic E-state index is 0. The lowest BCUT2D eigenvalue weighted by atomic mass is 9.90. The molecule has 1 atom stereocenters. The summed E-state index contributed by atoms with van der Waals surface area (Å²) in [5.41, 5.74) is 1.56. The Hall–Kier alpha value is -1.31. The maximum atomic E-state index is 8.89. The summed E-state index contributed by atoms with van der Waals surface area (Å²) in [6.45, 7) is 4.49. The van der Waals surface area contributed by atoms with Crippen LogP contribution in [0.2, 0.25) is 0 Å². The first-order valence-electron chi connectivity index (χ1n) is 6.52. The van der Waals surface area contributed by atoms with Crippen molar-refractivity contribution >= 4 is 18.1 Å². The summed E-state index contributed by atoms with van der Waals surface area (Å²) in [6.07, 6.45) is 4.16. The zero-order valence-corrected chi connectivity index (χ0v) is 12.3. The average molecular weight is 281 g/mol. The second kappa shape index (κ2) is 7.32. The third-order valence-corrected chi connectivity index (χ3v) is 3.94. The molecule has 5 heteroatoms. The number of nitriles is 1. The van der Waals surface area contributed by atoms with Gasteiger partial charge in [0.2, 0.25) is 0 Å². The van der Waals surface area contributed by atoms with Crippen LogP contribution in [0.4, 0.5) is 5.69 Å². The van der Waals surface area contributed by atoms with Crippen LogP contribution in [-0.2, 0) is 0 Å². The van der Waals surface area contributed by atoms with Gasteiger partial charge in [-0.15, -0.1) is 12.4 Å². The summed E-state index contributed by atoms with van der Waals surface area (Å²) in [4.78, 5) is 6.28. The highest BCUT2D eigenvalue weighted by Crippen LogP contribution is 2.24. The Kier molecular flexibility index (Phi) is 6.07. The lowest BCUT2D eigenvalue weighted by Crippen LogP contribution is -2.41. The number of piperidine rings is 1. The molecule has 0 aromatic carbocycles. The van der Waals surface area contributed by atoms with Crippen LogP contribution in [0.1, 0.15) is 25.5 Å². The van der Waals surface area contributed by atoms with Gasteiger partial charge in [-0.25, -0.2) is 4.98 Å². The number of hydrogen-bond donors (Lipinski definition) is 1. The molecule has 0 radical (unpaired) electrons. The molecule has 1 aromatic rings. The Balaban J connectivity index is 0.00000180. The lowest BCUT2D eigenvalue weighted by Gasteiger charge is -2.35. The van der Waals surface area contributed by atoms with Crippen molar-refractivity contribution in [2.24, 2.45) is 5.92 Å². The monoisotopic (exact) mass is 280 g/mol. The van der Waals surface area contributed by atoms with Crippen molar-refractivity contribution in [1.29, 1.82) is 5.26 Å². The van der Waals surface area contributed by atoms with Crippen LogP contribution in [-0.4, -0.2) is 31.2 Å². The fourth-order valence-corrected chi connectivity index (χ4v) is 2.58. The van der Waals surface area contributed by atoms with Gasteiger partial charge in [-0.2, -0.15) is 5.26 Å². The van der Waals surface area contributed by atoms with Crippen molar-refractivity contribution in [3.05, 3.63) is 24.0 Å². The van der Waals surface area contributed by atoms with Gasteiger partial charge in [0, 0.05) is 25.0 Å². The standard InChI is InChI=1S/C14H20N4.ClH/c1-11(12-3-6-16-7-4-12)18(2)14-5-8-17-13(9-14)10-15;/h5,8-9,11-12,16H,3-4,6-7H2,1-2H3;1H. The Morgan fingerprint density at radius 1 is 1.47 bits per heavy atom. The van der Waals surface area contributed by atoms with E-state index in [1.54, 1.807) is 6.20 Å². The van der Waals surface area contributed by atoms with Gasteiger partial charge in [-0.05, 0) is 50.9 Å². The Morgan fingerprint density at radius 2 is 2.16 bits per heavy atom. The highest BCUT2D eigenvalue weighted by Gasteiger charge is 2.23. The van der Waals surface area contributed by atoms with E-state index >= 15 is 0 Å². The van der Waals surface area contributed by atoms with Crippen LogP contribution in [0, 0.1) is 17.2 Å². The Morgan fingerprint density at radius 3 is 2.79 bits per heavy atom. The van der Waals surface area contributed by atoms with Crippen molar-refractivity contribution in [3.63, 3.8) is 0 Å². The maximum absolute atomic E-state index is 8.89. The van der Waals surface area contributed by atoms with E-state index in [0.717, 1.165) is 24.7 Å². The van der Waals surface area contributed by atoms with Crippen molar-refractivity contribution in [1.82, 2.24) is 10.3 Å². The van der Waals surface area contributed by atoms with E-state index in [1.165, 1.54) is 12.8 Å². The number of hydrogen-bond acceptors (Lipinski definition) is 4. The minimum Gasteiger partial charge on any atom is -0.371 e. The molecule has 0 spiro atoms. The quantitative estimate of drug-likeness (QED) is 0.922. The van der Waals surface area contributed by atoms with E-state index in [4.69, 9.17) is 5.26 Å². The van der Waals surface area contributed by atoms with E-state index < -0.39 is 0 Å². The van der Waals surface area contributed by atoms with Gasteiger partial charge in [0.05, 0.1) is 0 Å². The van der Waals surface area contributed by atoms with Crippen molar-refractivity contribution in [2.45, 2.75) is 25.8 Å². The fraction of sp³-hybridized carbons (Fsp3) is 0.571. The molecule has 1 saturated heterocycles. The molecule has 0 aliphatic carbocycles. The number of aromatic nitrogens is 1. The van der Waals surface area contributed by atoms with Crippen LogP contribution in [0.5, 0.6) is 0 Å². The molecule has 104 valence electrons. The molecule has 1 unspecified atom stereocenters. The third kappa shape index (κ3) is 3.82. The molecule has 2 rings (SSSR count). The van der Waals surface area contributed by atoms with Gasteiger partial charge in [-0.3, -0.25) is 0 Å². The summed E-state index contributed by atoms with van der Waals surface area (Å²) in [5, 5.41) is 12.3. The van der Waals surface area contributed by atoms with E-state index in [1.807, 2.05) is 12.1 Å². The second-order valence-electron chi connectivity index (χ2n) is 4.95. The number of halogens is 1. The Bertz CT molecular complexity index is 437. The smallest absolute Gasteiger partial charge is 0.142 e. The fourth-order valence-electron chi connectivity index (χ4n) is 2.58. The number of pyridine rings is 1. The van der Waals surface area contributed by atoms with Crippen molar-refractivity contribution in [2.75, 3.05) is 25.0 Å². The predicted molar refractivity (Wildman–Crippen MR) is 79.7 cm³/mol. The van der Waals surface area contributed by atoms with Crippen molar-refractivity contribution < 1.29 is 0 Å². The summed E-state index contributed by atoms with van der Waals surface area (Å²) >= 11 is 0. The molecular weight excluding hydrogens is 260 g/mol. The number of nitrogens with zero attached hydrogens (tertiary/aromatic N) is 3. The Labute approximate surface area is 121 Å². The molecule has 1 aliphatic heterocycles. The van der Waals surface area contributed by atoms with E-state index in [-0.39, 0.29) is 12.4 Å². The van der Waals surface area contributed by atoms with Crippen molar-refractivity contribution in [3.8, 4) is 6.07 Å². The molecule has 4 nitrogen and oxygen atoms in total. The van der Waals surface area contributed by atoms with Gasteiger partial charge >= 0.3 is 0 Å². The van der Waals surface area contributed by atoms with Crippen LogP contribution < -0.4 is 10.2 Å². The molecule has 0 amide bonds. The third-order valence-electron chi connectivity index (χ3n) is 3.94. The van der Waals surface area contributed by atoms with Gasteiger partial charge in [0.25, 0.3) is 0 Å². The number of rotatable bonds is 3. The average Bonchev–Trinajstić information content (AvgIpc) is 2.46. The molecule has 2 heterocycles. The molecule has 0 saturated carbocycles. The largest absolute Gasteiger partial charge is 0.371 e. The van der Waals surface area contributed by atoms with Crippen LogP contribution in [0.15, 0.2) is 18.3 Å². The molecule has 0 bridgehead atoms. The normalized spacial score (nSPS) is 17.1. The highest BCUT2D eigenvalue weighted by molar-refractivity contribution is 5.85. The zero-order chi connectivity index (χ0) is 13.0. The van der Waals surface area contributed by atoms with E-state index in [0.29, 0.717) is 11.7 Å². The first-order chi connectivity index (χ1) is 8.72. The van der Waals surface area contributed by atoms with Crippen LogP contribution in [0.25, 0.3) is 0 Å². The number of nitrogens with one attached hydrogen (secondary N) is 1. The first-order valence-corrected chi connectivity index (χ1v) is 6.52. The van der Waals surface area contributed by atoms with Crippen LogP contribution in [0.3, 0.4) is 0 Å². The summed E-state index contributed by atoms with van der Waals surface area (Å²) in [5.74, 6) is 0.718. The van der Waals surface area contributed by atoms with Gasteiger partial charge in [-0.1, -0.05) is 0 Å². The van der Waals surface area contributed by atoms with Gasteiger partial charge in [0.15, 0.2) is 0 Å². The highest BCUT2D eigenvalue weighted by atomic mass is 35.5. The molecule has 1 aromatic heterocycles. The molecule has 1 aliphatic rings. The molecule has 1 N–H and O–H groups in total. The predicted octanol–water partition coefficient (Wildman–Crippen LogP) is 2.20. The molecule has 19 heavy (non-hydrogen) atoms. The summed E-state index contributed by atoms with van der Waals surface area (Å²) in [6, 6.07) is 6.41. The summed E-state index contributed by atoms with van der Waals surface area (Å²) < 4.78 is 0. The summed E-state index contributed by atoms with van der Waals surface area (Å²) in [7, 11) is 2.10. The minimum atomic E-state index is 0. The number of anilines is 1. The zero-order valence-electron chi connectivity index (χ0n) is 11.5. The van der Waals surface area contributed by atoms with Gasteiger partial charge in [0.1, 0.15) is 11.8 Å². The lowest BCUT2D eigenvalue weighted by molar-refractivity contribution is 0.324. The first kappa shape index (κ1) is 15.7. The molecular formula is C14H21ClN4. The van der Waals surface area contributed by atoms with Gasteiger partial charge < -0.3 is 10.2 Å².